The van der Waals surface area contributed by atoms with Crippen LogP contribution in [0.5, 0.6) is 0 Å². The second kappa shape index (κ2) is 12.1. The fraction of sp³-hybridized carbons (Fsp3) is 0. The minimum atomic E-state index is 0.697. The fourth-order valence-corrected chi connectivity index (χ4v) is 8.37. The quantitative estimate of drug-likeness (QED) is 0.180. The Morgan fingerprint density at radius 2 is 0.889 bits per heavy atom. The molecule has 3 aromatic heterocycles. The Labute approximate surface area is 311 Å². The van der Waals surface area contributed by atoms with Gasteiger partial charge in [-0.05, 0) is 54.1 Å². The van der Waals surface area contributed by atoms with E-state index in [0.717, 1.165) is 61.3 Å². The molecule has 0 bridgehead atoms. The molecule has 11 rings (SSSR count). The Bertz CT molecular complexity index is 3200. The average molecular weight is 689 g/mol. The number of fused-ring (bicyclic) bond motifs is 8. The summed E-state index contributed by atoms with van der Waals surface area (Å²) in [5, 5.41) is 5.98. The molecule has 0 aliphatic rings. The zero-order valence-electron chi connectivity index (χ0n) is 29.3. The van der Waals surface area contributed by atoms with Crippen molar-refractivity contribution in [3.8, 4) is 45.1 Å². The highest BCUT2D eigenvalue weighted by Crippen LogP contribution is 2.44. The van der Waals surface area contributed by atoms with Crippen LogP contribution in [0.15, 0.2) is 194 Å². The third kappa shape index (κ3) is 4.64. The molecule has 4 nitrogen and oxygen atoms in total. The van der Waals surface area contributed by atoms with Crippen LogP contribution in [0.4, 0.5) is 0 Å². The summed E-state index contributed by atoms with van der Waals surface area (Å²) >= 11 is 0. The van der Waals surface area contributed by atoms with Crippen molar-refractivity contribution in [1.29, 1.82) is 0 Å². The van der Waals surface area contributed by atoms with E-state index in [0.29, 0.717) is 5.82 Å². The van der Waals surface area contributed by atoms with E-state index < -0.39 is 0 Å². The van der Waals surface area contributed by atoms with Gasteiger partial charge in [-0.1, -0.05) is 146 Å². The van der Waals surface area contributed by atoms with Gasteiger partial charge < -0.3 is 9.13 Å². The summed E-state index contributed by atoms with van der Waals surface area (Å²) in [7, 11) is 0. The van der Waals surface area contributed by atoms with Crippen LogP contribution in [0, 0.1) is 0 Å². The molecule has 252 valence electrons. The minimum Gasteiger partial charge on any atom is -0.309 e. The largest absolute Gasteiger partial charge is 0.309 e. The zero-order chi connectivity index (χ0) is 35.6. The zero-order valence-corrected chi connectivity index (χ0v) is 29.3. The summed E-state index contributed by atoms with van der Waals surface area (Å²) in [4.78, 5) is 10.4. The van der Waals surface area contributed by atoms with E-state index in [1.54, 1.807) is 0 Å². The predicted octanol–water partition coefficient (Wildman–Crippen LogP) is 12.8. The van der Waals surface area contributed by atoms with Gasteiger partial charge in [0.25, 0.3) is 0 Å². The molecule has 0 radical (unpaired) electrons. The average Bonchev–Trinajstić information content (AvgIpc) is 3.77. The molecule has 0 saturated heterocycles. The molecule has 0 spiro atoms. The molecule has 0 N–H and O–H groups in total. The smallest absolute Gasteiger partial charge is 0.160 e. The van der Waals surface area contributed by atoms with Crippen molar-refractivity contribution in [1.82, 2.24) is 19.1 Å². The van der Waals surface area contributed by atoms with E-state index in [-0.39, 0.29) is 0 Å². The Kier molecular flexibility index (Phi) is 6.82. The van der Waals surface area contributed by atoms with E-state index in [2.05, 4.69) is 191 Å². The van der Waals surface area contributed by atoms with Crippen molar-refractivity contribution in [2.45, 2.75) is 0 Å². The van der Waals surface area contributed by atoms with Crippen molar-refractivity contribution in [2.75, 3.05) is 0 Å². The van der Waals surface area contributed by atoms with Crippen LogP contribution in [0.2, 0.25) is 0 Å². The van der Waals surface area contributed by atoms with Gasteiger partial charge in [0.2, 0.25) is 0 Å². The van der Waals surface area contributed by atoms with Crippen molar-refractivity contribution in [3.05, 3.63) is 194 Å². The van der Waals surface area contributed by atoms with Gasteiger partial charge in [-0.2, -0.15) is 0 Å². The first-order valence-electron chi connectivity index (χ1n) is 18.3. The third-order valence-electron chi connectivity index (χ3n) is 10.7. The molecule has 11 aromatic rings. The summed E-state index contributed by atoms with van der Waals surface area (Å²) in [6.45, 7) is 0. The number of nitrogens with zero attached hydrogens (tertiary/aromatic N) is 4. The predicted molar refractivity (Wildman–Crippen MR) is 225 cm³/mol. The first-order valence-corrected chi connectivity index (χ1v) is 18.3. The highest BCUT2D eigenvalue weighted by Gasteiger charge is 2.22. The van der Waals surface area contributed by atoms with Crippen molar-refractivity contribution in [2.24, 2.45) is 0 Å². The van der Waals surface area contributed by atoms with Gasteiger partial charge in [-0.15, -0.1) is 0 Å². The summed E-state index contributed by atoms with van der Waals surface area (Å²) < 4.78 is 4.84. The number of hydrogen-bond donors (Lipinski definition) is 0. The summed E-state index contributed by atoms with van der Waals surface area (Å²) in [6.07, 6.45) is 0. The van der Waals surface area contributed by atoms with Crippen LogP contribution < -0.4 is 0 Å². The molecule has 3 heterocycles. The van der Waals surface area contributed by atoms with Gasteiger partial charge in [-0.25, -0.2) is 9.97 Å². The van der Waals surface area contributed by atoms with E-state index in [4.69, 9.17) is 9.97 Å². The van der Waals surface area contributed by atoms with Crippen molar-refractivity contribution < 1.29 is 0 Å². The molecular weight excluding hydrogens is 657 g/mol. The first kappa shape index (κ1) is 30.3. The van der Waals surface area contributed by atoms with E-state index in [9.17, 15) is 0 Å². The summed E-state index contributed by atoms with van der Waals surface area (Å²) in [5.41, 5.74) is 13.1. The lowest BCUT2D eigenvalue weighted by Gasteiger charge is -2.16. The summed E-state index contributed by atoms with van der Waals surface area (Å²) in [6, 6.07) is 69.0. The van der Waals surface area contributed by atoms with Crippen molar-refractivity contribution in [3.63, 3.8) is 0 Å². The van der Waals surface area contributed by atoms with Gasteiger partial charge in [0.1, 0.15) is 0 Å². The normalized spacial score (nSPS) is 11.7. The SMILES string of the molecule is c1ccc(-c2ccc(-c3nc(-c4ccccc4)c4ccccc4n3)cc2-n2c3ccccc3c3c4c5ccccc5n(-c5ccccc5)c4ccc32)cc1. The molecule has 0 atom stereocenters. The third-order valence-corrected chi connectivity index (χ3v) is 10.7. The molecule has 8 aromatic carbocycles. The maximum absolute atomic E-state index is 5.27. The molecule has 0 fully saturated rings. The van der Waals surface area contributed by atoms with Gasteiger partial charge in [0, 0.05) is 49.3 Å². The maximum Gasteiger partial charge on any atom is 0.160 e. The van der Waals surface area contributed by atoms with E-state index >= 15 is 0 Å². The monoisotopic (exact) mass is 688 g/mol. The van der Waals surface area contributed by atoms with Crippen LogP contribution in [-0.4, -0.2) is 19.1 Å². The topological polar surface area (TPSA) is 35.6 Å². The Morgan fingerprint density at radius 3 is 1.57 bits per heavy atom. The van der Waals surface area contributed by atoms with Gasteiger partial charge >= 0.3 is 0 Å². The highest BCUT2D eigenvalue weighted by atomic mass is 15.0. The van der Waals surface area contributed by atoms with Gasteiger partial charge in [-0.3, -0.25) is 0 Å². The molecule has 4 heteroatoms. The van der Waals surface area contributed by atoms with Crippen molar-refractivity contribution >= 4 is 54.5 Å². The molecule has 54 heavy (non-hydrogen) atoms. The number of rotatable bonds is 5. The standard InChI is InChI=1S/C50H32N4/c1-4-16-33(17-5-1)37-29-28-35(50-51-41-25-13-10-22-38(41)49(52-50)34-18-6-2-7-19-34)32-46(37)54-43-27-15-12-24-40(43)48-45(54)31-30-44-47(48)39-23-11-14-26-42(39)53(44)36-20-8-3-9-21-36/h1-32H. The van der Waals surface area contributed by atoms with E-state index in [1.807, 2.05) is 12.1 Å². The Hall–Kier alpha value is -7.30. The molecule has 0 unspecified atom stereocenters. The number of aromatic nitrogens is 4. The number of para-hydroxylation sites is 4. The van der Waals surface area contributed by atoms with Crippen LogP contribution in [0.3, 0.4) is 0 Å². The highest BCUT2D eigenvalue weighted by molar-refractivity contribution is 6.29. The van der Waals surface area contributed by atoms with Gasteiger partial charge in [0.05, 0.1) is 39.0 Å². The Balaban J connectivity index is 1.24. The molecular formula is C50H32N4. The van der Waals surface area contributed by atoms with Crippen LogP contribution in [0.25, 0.3) is 99.7 Å². The number of hydrogen-bond acceptors (Lipinski definition) is 2. The maximum atomic E-state index is 5.27. The molecule has 0 aliphatic carbocycles. The lowest BCUT2D eigenvalue weighted by molar-refractivity contribution is 1.17. The lowest BCUT2D eigenvalue weighted by Crippen LogP contribution is -2.00. The minimum absolute atomic E-state index is 0.697. The molecule has 0 aliphatic heterocycles. The lowest BCUT2D eigenvalue weighted by atomic mass is 10.00. The second-order valence-electron chi connectivity index (χ2n) is 13.8. The van der Waals surface area contributed by atoms with Crippen LogP contribution in [-0.2, 0) is 0 Å². The van der Waals surface area contributed by atoms with Crippen LogP contribution >= 0.6 is 0 Å². The van der Waals surface area contributed by atoms with Gasteiger partial charge in [0.15, 0.2) is 5.82 Å². The summed E-state index contributed by atoms with van der Waals surface area (Å²) in [5.74, 6) is 0.697. The fourth-order valence-electron chi connectivity index (χ4n) is 8.37. The molecule has 0 amide bonds. The Morgan fingerprint density at radius 1 is 0.352 bits per heavy atom. The van der Waals surface area contributed by atoms with Crippen LogP contribution in [0.1, 0.15) is 0 Å². The second-order valence-corrected chi connectivity index (χ2v) is 13.8. The number of benzene rings is 8. The first-order chi connectivity index (χ1) is 26.8. The van der Waals surface area contributed by atoms with E-state index in [1.165, 1.54) is 32.6 Å². The molecule has 0 saturated carbocycles.